The van der Waals surface area contributed by atoms with Crippen molar-refractivity contribution < 1.29 is 34.8 Å². The van der Waals surface area contributed by atoms with Crippen molar-refractivity contribution in [2.75, 3.05) is 6.61 Å². The highest BCUT2D eigenvalue weighted by molar-refractivity contribution is 5.36. The Labute approximate surface area is 119 Å². The molecule has 1 aromatic rings. The molecule has 9 nitrogen and oxygen atoms in total. The van der Waals surface area contributed by atoms with Gasteiger partial charge >= 0.3 is 0 Å². The van der Waals surface area contributed by atoms with Crippen LogP contribution in [0.2, 0.25) is 0 Å². The van der Waals surface area contributed by atoms with Crippen molar-refractivity contribution in [3.8, 4) is 5.75 Å². The van der Waals surface area contributed by atoms with E-state index in [1.54, 1.807) is 0 Å². The Balaban J connectivity index is 2.08. The lowest BCUT2D eigenvalue weighted by atomic mass is 9.99. The predicted molar refractivity (Wildman–Crippen MR) is 67.5 cm³/mol. The van der Waals surface area contributed by atoms with Gasteiger partial charge in [-0.15, -0.1) is 0 Å². The minimum Gasteiger partial charge on any atom is -0.462 e. The first-order valence-corrected chi connectivity index (χ1v) is 6.15. The normalized spacial score (nSPS) is 32.7. The van der Waals surface area contributed by atoms with Crippen molar-refractivity contribution in [3.63, 3.8) is 0 Å². The van der Waals surface area contributed by atoms with E-state index in [0.717, 1.165) is 0 Å². The van der Waals surface area contributed by atoms with Gasteiger partial charge in [-0.05, 0) is 12.1 Å². The number of ether oxygens (including phenoxy) is 2. The van der Waals surface area contributed by atoms with Crippen LogP contribution in [0.5, 0.6) is 5.75 Å². The number of non-ortho nitro benzene ring substituents is 1. The summed E-state index contributed by atoms with van der Waals surface area (Å²) in [6, 6.07) is 5.03. The molecule has 5 atom stereocenters. The number of benzene rings is 1. The van der Waals surface area contributed by atoms with E-state index in [2.05, 4.69) is 0 Å². The van der Waals surface area contributed by atoms with Crippen LogP contribution in [-0.2, 0) is 4.74 Å². The summed E-state index contributed by atoms with van der Waals surface area (Å²) in [4.78, 5) is 9.95. The maximum Gasteiger partial charge on any atom is 0.269 e. The summed E-state index contributed by atoms with van der Waals surface area (Å²) in [6.07, 6.45) is -6.94. The molecule has 0 aromatic heterocycles. The van der Waals surface area contributed by atoms with E-state index in [-0.39, 0.29) is 11.4 Å². The zero-order valence-corrected chi connectivity index (χ0v) is 10.8. The molecule has 0 bridgehead atoms. The van der Waals surface area contributed by atoms with Gasteiger partial charge in [-0.1, -0.05) is 0 Å². The van der Waals surface area contributed by atoms with Gasteiger partial charge in [0.2, 0.25) is 6.29 Å². The van der Waals surface area contributed by atoms with Crippen molar-refractivity contribution >= 4 is 5.69 Å². The predicted octanol–water partition coefficient (Wildman–Crippen LogP) is -1.23. The summed E-state index contributed by atoms with van der Waals surface area (Å²) >= 11 is 0. The fourth-order valence-corrected chi connectivity index (χ4v) is 1.95. The fourth-order valence-electron chi connectivity index (χ4n) is 1.95. The van der Waals surface area contributed by atoms with Crippen LogP contribution in [0.25, 0.3) is 0 Å². The quantitative estimate of drug-likeness (QED) is 0.400. The molecule has 1 fully saturated rings. The highest BCUT2D eigenvalue weighted by atomic mass is 16.7. The van der Waals surface area contributed by atoms with E-state index in [1.807, 2.05) is 0 Å². The third-order valence-corrected chi connectivity index (χ3v) is 3.15. The minimum atomic E-state index is -1.54. The molecule has 0 unspecified atom stereocenters. The largest absolute Gasteiger partial charge is 0.462 e. The molecule has 1 aromatic carbocycles. The molecule has 1 aliphatic rings. The standard InChI is InChI=1S/C12H15NO8/c14-5-8-9(15)10(16)11(17)12(21-8)20-7-3-1-6(2-4-7)13(18)19/h1-4,8-12,14-17H,5H2/t8-,9+,10+,11+,12-/m0/s1. The van der Waals surface area contributed by atoms with Gasteiger partial charge in [0.15, 0.2) is 0 Å². The van der Waals surface area contributed by atoms with E-state index in [4.69, 9.17) is 14.6 Å². The van der Waals surface area contributed by atoms with Crippen molar-refractivity contribution in [2.45, 2.75) is 30.7 Å². The zero-order chi connectivity index (χ0) is 15.6. The average Bonchev–Trinajstić information content (AvgIpc) is 2.48. The average molecular weight is 301 g/mol. The molecular weight excluding hydrogens is 286 g/mol. The summed E-state index contributed by atoms with van der Waals surface area (Å²) in [5.41, 5.74) is -0.129. The SMILES string of the molecule is O=[N+]([O-])c1ccc(O[C@H]2O[C@@H](CO)[C@@H](O)[C@@H](O)[C@H]2O)cc1. The Kier molecular flexibility index (Phi) is 4.70. The third-order valence-electron chi connectivity index (χ3n) is 3.15. The molecule has 4 N–H and O–H groups in total. The first-order valence-electron chi connectivity index (χ1n) is 6.15. The van der Waals surface area contributed by atoms with Crippen LogP contribution in [0.1, 0.15) is 0 Å². The Hall–Kier alpha value is -1.78. The molecule has 0 spiro atoms. The third kappa shape index (κ3) is 3.28. The maximum absolute atomic E-state index is 10.5. The number of aliphatic hydroxyl groups excluding tert-OH is 4. The van der Waals surface area contributed by atoms with Gasteiger partial charge in [-0.3, -0.25) is 10.1 Å². The van der Waals surface area contributed by atoms with Crippen LogP contribution in [0, 0.1) is 10.1 Å². The smallest absolute Gasteiger partial charge is 0.269 e. The van der Waals surface area contributed by atoms with Crippen LogP contribution in [0.3, 0.4) is 0 Å². The van der Waals surface area contributed by atoms with Crippen LogP contribution in [0.4, 0.5) is 5.69 Å². The molecule has 2 rings (SSSR count). The monoisotopic (exact) mass is 301 g/mol. The highest BCUT2D eigenvalue weighted by Crippen LogP contribution is 2.25. The lowest BCUT2D eigenvalue weighted by Crippen LogP contribution is -2.60. The summed E-state index contributed by atoms with van der Waals surface area (Å²) in [6.45, 7) is -0.564. The second-order valence-corrected chi connectivity index (χ2v) is 4.57. The topological polar surface area (TPSA) is 143 Å². The maximum atomic E-state index is 10.5. The molecule has 116 valence electrons. The van der Waals surface area contributed by atoms with Crippen molar-refractivity contribution in [3.05, 3.63) is 34.4 Å². The summed E-state index contributed by atoms with van der Waals surface area (Å²) in [7, 11) is 0. The first kappa shape index (κ1) is 15.6. The van der Waals surface area contributed by atoms with Crippen LogP contribution in [0.15, 0.2) is 24.3 Å². The van der Waals surface area contributed by atoms with Gasteiger partial charge in [0.1, 0.15) is 30.2 Å². The molecule has 1 heterocycles. The fraction of sp³-hybridized carbons (Fsp3) is 0.500. The second kappa shape index (κ2) is 6.33. The molecule has 0 aliphatic carbocycles. The van der Waals surface area contributed by atoms with Crippen molar-refractivity contribution in [2.24, 2.45) is 0 Å². The Morgan fingerprint density at radius 2 is 1.76 bits per heavy atom. The molecule has 9 heteroatoms. The number of hydrogen-bond donors (Lipinski definition) is 4. The van der Waals surface area contributed by atoms with E-state index in [0.29, 0.717) is 0 Å². The van der Waals surface area contributed by atoms with Crippen molar-refractivity contribution in [1.82, 2.24) is 0 Å². The lowest BCUT2D eigenvalue weighted by Gasteiger charge is -2.39. The Morgan fingerprint density at radius 1 is 1.14 bits per heavy atom. The van der Waals surface area contributed by atoms with Gasteiger partial charge in [0.05, 0.1) is 11.5 Å². The van der Waals surface area contributed by atoms with E-state index in [9.17, 15) is 25.4 Å². The highest BCUT2D eigenvalue weighted by Gasteiger charge is 2.44. The zero-order valence-electron chi connectivity index (χ0n) is 10.8. The molecular formula is C12H15NO8. The summed E-state index contributed by atoms with van der Waals surface area (Å²) in [5.74, 6) is 0.171. The van der Waals surface area contributed by atoms with Crippen molar-refractivity contribution in [1.29, 1.82) is 0 Å². The lowest BCUT2D eigenvalue weighted by molar-refractivity contribution is -0.384. The second-order valence-electron chi connectivity index (χ2n) is 4.57. The first-order chi connectivity index (χ1) is 9.93. The summed E-state index contributed by atoms with van der Waals surface area (Å²) < 4.78 is 10.4. The van der Waals surface area contributed by atoms with E-state index < -0.39 is 42.2 Å². The van der Waals surface area contributed by atoms with Crippen LogP contribution in [-0.4, -0.2) is 62.7 Å². The van der Waals surface area contributed by atoms with E-state index >= 15 is 0 Å². The molecule has 21 heavy (non-hydrogen) atoms. The minimum absolute atomic E-state index is 0.129. The summed E-state index contributed by atoms with van der Waals surface area (Å²) in [5, 5.41) is 48.6. The molecule has 0 saturated carbocycles. The van der Waals surface area contributed by atoms with Gasteiger partial charge in [0.25, 0.3) is 5.69 Å². The number of nitro benzene ring substituents is 1. The molecule has 0 radical (unpaired) electrons. The van der Waals surface area contributed by atoms with Gasteiger partial charge in [-0.25, -0.2) is 0 Å². The van der Waals surface area contributed by atoms with Crippen LogP contribution >= 0.6 is 0 Å². The Bertz CT molecular complexity index is 491. The number of nitro groups is 1. The molecule has 1 saturated heterocycles. The molecule has 0 amide bonds. The molecule has 1 aliphatic heterocycles. The number of hydrogen-bond acceptors (Lipinski definition) is 8. The van der Waals surface area contributed by atoms with Gasteiger partial charge in [0, 0.05) is 12.1 Å². The van der Waals surface area contributed by atoms with Crippen LogP contribution < -0.4 is 4.74 Å². The van der Waals surface area contributed by atoms with E-state index in [1.165, 1.54) is 24.3 Å². The van der Waals surface area contributed by atoms with Gasteiger partial charge < -0.3 is 29.9 Å². The number of rotatable bonds is 4. The van der Waals surface area contributed by atoms with Gasteiger partial charge in [-0.2, -0.15) is 0 Å². The number of nitrogens with zero attached hydrogens (tertiary/aromatic N) is 1. The Morgan fingerprint density at radius 3 is 2.29 bits per heavy atom. The number of aliphatic hydroxyl groups is 4.